The molecule has 2 aliphatic rings. The summed E-state index contributed by atoms with van der Waals surface area (Å²) >= 11 is 8.39. The Labute approximate surface area is 198 Å². The predicted octanol–water partition coefficient (Wildman–Crippen LogP) is 4.38. The van der Waals surface area contributed by atoms with Gasteiger partial charge in [0.1, 0.15) is 16.5 Å². The number of ether oxygens (including phenoxy) is 1. The van der Waals surface area contributed by atoms with Crippen LogP contribution in [0, 0.1) is 0 Å². The lowest BCUT2D eigenvalue weighted by Crippen LogP contribution is -2.36. The molecular weight excluding hydrogens is 442 g/mol. The number of fused-ring (bicyclic) bond motifs is 3. The van der Waals surface area contributed by atoms with Crippen LogP contribution in [0.4, 0.5) is 5.82 Å². The standard InChI is InChI=1S/C24H30ClN5OS/c1-29(2)19(16-6-3-4-8-18(16)25)14-26-23-22-17-7-5-9-20(17)32-24(22)28-21(27-23)15-30-10-12-31-13-11-30/h3-4,6,8,19H,5,7,9-15H2,1-2H3,(H,26,27,28)/t19-/m1/s1. The van der Waals surface area contributed by atoms with E-state index in [1.807, 2.05) is 29.5 Å². The largest absolute Gasteiger partial charge is 0.379 e. The number of rotatable bonds is 7. The van der Waals surface area contributed by atoms with Gasteiger partial charge in [0.25, 0.3) is 0 Å². The minimum Gasteiger partial charge on any atom is -0.379 e. The van der Waals surface area contributed by atoms with Crippen molar-refractivity contribution in [3.8, 4) is 0 Å². The summed E-state index contributed by atoms with van der Waals surface area (Å²) in [6, 6.07) is 8.24. The smallest absolute Gasteiger partial charge is 0.146 e. The van der Waals surface area contributed by atoms with E-state index in [0.29, 0.717) is 0 Å². The molecule has 1 saturated heterocycles. The molecule has 1 aliphatic carbocycles. The Morgan fingerprint density at radius 1 is 1.19 bits per heavy atom. The molecule has 1 aliphatic heterocycles. The van der Waals surface area contributed by atoms with Crippen LogP contribution in [0.3, 0.4) is 0 Å². The maximum atomic E-state index is 6.54. The van der Waals surface area contributed by atoms with Crippen LogP contribution >= 0.6 is 22.9 Å². The topological polar surface area (TPSA) is 53.5 Å². The molecule has 8 heteroatoms. The zero-order chi connectivity index (χ0) is 22.1. The summed E-state index contributed by atoms with van der Waals surface area (Å²) in [4.78, 5) is 17.2. The molecule has 32 heavy (non-hydrogen) atoms. The Balaban J connectivity index is 1.46. The summed E-state index contributed by atoms with van der Waals surface area (Å²) in [6.07, 6.45) is 3.51. The van der Waals surface area contributed by atoms with Gasteiger partial charge in [0, 0.05) is 29.5 Å². The van der Waals surface area contributed by atoms with Crippen LogP contribution in [0.5, 0.6) is 0 Å². The fourth-order valence-corrected chi connectivity index (χ4v) is 6.25. The number of aryl methyl sites for hydroxylation is 2. The molecule has 1 N–H and O–H groups in total. The predicted molar refractivity (Wildman–Crippen MR) is 132 cm³/mol. The van der Waals surface area contributed by atoms with E-state index >= 15 is 0 Å². The van der Waals surface area contributed by atoms with E-state index < -0.39 is 0 Å². The average Bonchev–Trinajstić information content (AvgIpc) is 3.36. The molecule has 0 unspecified atom stereocenters. The highest BCUT2D eigenvalue weighted by atomic mass is 35.5. The van der Waals surface area contributed by atoms with Crippen LogP contribution in [-0.4, -0.2) is 66.7 Å². The summed E-state index contributed by atoms with van der Waals surface area (Å²) in [5.41, 5.74) is 2.57. The van der Waals surface area contributed by atoms with Gasteiger partial charge in [-0.3, -0.25) is 4.90 Å². The number of aromatic nitrogens is 2. The van der Waals surface area contributed by atoms with E-state index in [2.05, 4.69) is 35.3 Å². The fourth-order valence-electron chi connectivity index (χ4n) is 4.71. The van der Waals surface area contributed by atoms with Crippen molar-refractivity contribution in [2.24, 2.45) is 0 Å². The first-order chi connectivity index (χ1) is 15.6. The number of likely N-dealkylation sites (N-methyl/N-ethyl adjacent to an activating group) is 1. The van der Waals surface area contributed by atoms with E-state index in [-0.39, 0.29) is 6.04 Å². The van der Waals surface area contributed by atoms with Crippen LogP contribution in [0.1, 0.15) is 34.3 Å². The van der Waals surface area contributed by atoms with Gasteiger partial charge in [-0.05, 0) is 50.6 Å². The molecule has 0 amide bonds. The fraction of sp³-hybridized carbons (Fsp3) is 0.500. The number of hydrogen-bond donors (Lipinski definition) is 1. The molecule has 0 saturated carbocycles. The molecule has 0 radical (unpaired) electrons. The Morgan fingerprint density at radius 3 is 2.78 bits per heavy atom. The third-order valence-corrected chi connectivity index (χ3v) is 7.96. The van der Waals surface area contributed by atoms with Gasteiger partial charge in [0.05, 0.1) is 31.2 Å². The van der Waals surface area contributed by atoms with Crippen molar-refractivity contribution < 1.29 is 4.74 Å². The summed E-state index contributed by atoms with van der Waals surface area (Å²) in [7, 11) is 4.19. The first-order valence-corrected chi connectivity index (χ1v) is 12.6. The highest BCUT2D eigenvalue weighted by Gasteiger charge is 2.24. The van der Waals surface area contributed by atoms with Crippen molar-refractivity contribution in [2.45, 2.75) is 31.8 Å². The number of anilines is 1. The third-order valence-electron chi connectivity index (χ3n) is 6.43. The quantitative estimate of drug-likeness (QED) is 0.552. The van der Waals surface area contributed by atoms with Crippen molar-refractivity contribution >= 4 is 39.0 Å². The zero-order valence-electron chi connectivity index (χ0n) is 18.7. The van der Waals surface area contributed by atoms with Gasteiger partial charge in [-0.15, -0.1) is 11.3 Å². The number of halogens is 1. The van der Waals surface area contributed by atoms with E-state index in [0.717, 1.165) is 79.3 Å². The molecule has 6 nitrogen and oxygen atoms in total. The van der Waals surface area contributed by atoms with E-state index in [1.165, 1.54) is 22.2 Å². The van der Waals surface area contributed by atoms with Gasteiger partial charge >= 0.3 is 0 Å². The number of nitrogens with one attached hydrogen (secondary N) is 1. The first-order valence-electron chi connectivity index (χ1n) is 11.4. The van der Waals surface area contributed by atoms with Crippen LogP contribution in [0.2, 0.25) is 5.02 Å². The second-order valence-electron chi connectivity index (χ2n) is 8.80. The van der Waals surface area contributed by atoms with Gasteiger partial charge in [-0.1, -0.05) is 29.8 Å². The maximum Gasteiger partial charge on any atom is 0.146 e. The van der Waals surface area contributed by atoms with Crippen molar-refractivity contribution in [2.75, 3.05) is 52.3 Å². The highest BCUT2D eigenvalue weighted by molar-refractivity contribution is 7.19. The summed E-state index contributed by atoms with van der Waals surface area (Å²) in [5.74, 6) is 1.86. The minimum absolute atomic E-state index is 0.142. The Bertz CT molecular complexity index is 1100. The average molecular weight is 472 g/mol. The second-order valence-corrected chi connectivity index (χ2v) is 10.3. The van der Waals surface area contributed by atoms with E-state index in [1.54, 1.807) is 0 Å². The number of nitrogens with zero attached hydrogens (tertiary/aromatic N) is 4. The van der Waals surface area contributed by atoms with Gasteiger partial charge in [0.2, 0.25) is 0 Å². The van der Waals surface area contributed by atoms with Crippen molar-refractivity contribution in [1.82, 2.24) is 19.8 Å². The molecule has 5 rings (SSSR count). The van der Waals surface area contributed by atoms with Crippen molar-refractivity contribution in [3.05, 3.63) is 51.1 Å². The number of hydrogen-bond acceptors (Lipinski definition) is 7. The summed E-state index contributed by atoms with van der Waals surface area (Å²) in [6.45, 7) is 4.91. The van der Waals surface area contributed by atoms with Crippen molar-refractivity contribution in [3.63, 3.8) is 0 Å². The van der Waals surface area contributed by atoms with Gasteiger partial charge < -0.3 is 15.0 Å². The second kappa shape index (κ2) is 9.61. The van der Waals surface area contributed by atoms with E-state index in [4.69, 9.17) is 26.3 Å². The molecule has 1 aromatic carbocycles. The van der Waals surface area contributed by atoms with Gasteiger partial charge in [0.15, 0.2) is 0 Å². The van der Waals surface area contributed by atoms with Gasteiger partial charge in [-0.2, -0.15) is 0 Å². The zero-order valence-corrected chi connectivity index (χ0v) is 20.3. The monoisotopic (exact) mass is 471 g/mol. The Kier molecular flexibility index (Phi) is 6.62. The molecule has 1 fully saturated rings. The minimum atomic E-state index is 0.142. The molecule has 3 heterocycles. The lowest BCUT2D eigenvalue weighted by atomic mass is 10.1. The maximum absolute atomic E-state index is 6.54. The van der Waals surface area contributed by atoms with Crippen LogP contribution < -0.4 is 5.32 Å². The number of thiophene rings is 1. The van der Waals surface area contributed by atoms with Crippen LogP contribution in [-0.2, 0) is 24.1 Å². The summed E-state index contributed by atoms with van der Waals surface area (Å²) in [5, 5.41) is 5.72. The molecule has 3 aromatic rings. The number of morpholine rings is 1. The lowest BCUT2D eigenvalue weighted by molar-refractivity contribution is 0.0331. The number of benzene rings is 1. The molecule has 0 bridgehead atoms. The normalized spacial score (nSPS) is 17.8. The van der Waals surface area contributed by atoms with E-state index in [9.17, 15) is 0 Å². The lowest BCUT2D eigenvalue weighted by Gasteiger charge is -2.27. The summed E-state index contributed by atoms with van der Waals surface area (Å²) < 4.78 is 5.50. The highest BCUT2D eigenvalue weighted by Crippen LogP contribution is 2.40. The Hall–Kier alpha value is -1.77. The first kappa shape index (κ1) is 22.0. The van der Waals surface area contributed by atoms with Gasteiger partial charge in [-0.25, -0.2) is 9.97 Å². The van der Waals surface area contributed by atoms with Crippen LogP contribution in [0.25, 0.3) is 10.2 Å². The molecule has 1 atom stereocenters. The molecule has 2 aromatic heterocycles. The SMILES string of the molecule is CN(C)[C@H](CNc1nc(CN2CCOCC2)nc2sc3c(c12)CCC3)c1ccccc1Cl. The third kappa shape index (κ3) is 4.50. The Morgan fingerprint density at radius 2 is 2.00 bits per heavy atom. The van der Waals surface area contributed by atoms with Crippen molar-refractivity contribution in [1.29, 1.82) is 0 Å². The van der Waals surface area contributed by atoms with Crippen LogP contribution in [0.15, 0.2) is 24.3 Å². The molecule has 0 spiro atoms. The molecule has 170 valence electrons. The molecular formula is C24H30ClN5OS.